The van der Waals surface area contributed by atoms with Gasteiger partial charge in [0.25, 0.3) is 8.32 Å². The molecule has 0 spiro atoms. The molecule has 0 heterocycles. The number of aliphatic hydroxyl groups is 1. The highest BCUT2D eigenvalue weighted by molar-refractivity contribution is 14.1. The van der Waals surface area contributed by atoms with Crippen LogP contribution >= 0.6 is 22.6 Å². The first-order valence-electron chi connectivity index (χ1n) is 8.33. The highest BCUT2D eigenvalue weighted by Crippen LogP contribution is 2.37. The van der Waals surface area contributed by atoms with E-state index < -0.39 is 13.9 Å². The van der Waals surface area contributed by atoms with Crippen LogP contribution in [0.4, 0.5) is 0 Å². The maximum absolute atomic E-state index is 10.6. The summed E-state index contributed by atoms with van der Waals surface area (Å²) in [5, 5.41) is 12.9. The van der Waals surface area contributed by atoms with Gasteiger partial charge in [0.1, 0.15) is 5.60 Å². The number of halogens is 1. The van der Waals surface area contributed by atoms with Crippen LogP contribution < -0.4 is 10.4 Å². The van der Waals surface area contributed by atoms with Gasteiger partial charge in [0.05, 0.1) is 6.61 Å². The van der Waals surface area contributed by atoms with Crippen molar-refractivity contribution in [2.24, 2.45) is 0 Å². The van der Waals surface area contributed by atoms with Gasteiger partial charge in [-0.3, -0.25) is 0 Å². The fraction of sp³-hybridized carbons (Fsp3) is 0.333. The molecule has 1 atom stereocenters. The van der Waals surface area contributed by atoms with Crippen molar-refractivity contribution in [3.63, 3.8) is 0 Å². The molecule has 1 N–H and O–H groups in total. The van der Waals surface area contributed by atoms with Gasteiger partial charge in [-0.05, 0) is 26.3 Å². The molecule has 0 bridgehead atoms. The summed E-state index contributed by atoms with van der Waals surface area (Å²) in [5.41, 5.74) is -1.17. The summed E-state index contributed by atoms with van der Waals surface area (Å²) in [7, 11) is -2.62. The molecule has 2 rings (SSSR count). The average molecular weight is 464 g/mol. The van der Waals surface area contributed by atoms with Crippen LogP contribution in [0.3, 0.4) is 0 Å². The van der Waals surface area contributed by atoms with E-state index in [1.165, 1.54) is 10.4 Å². The Morgan fingerprint density at radius 1 is 0.920 bits per heavy atom. The van der Waals surface area contributed by atoms with Crippen LogP contribution in [0, 0.1) is 9.85 Å². The normalized spacial score (nSPS) is 14.3. The van der Waals surface area contributed by atoms with Gasteiger partial charge in [0.15, 0.2) is 0 Å². The number of benzene rings is 2. The highest BCUT2D eigenvalue weighted by Gasteiger charge is 2.50. The molecule has 0 aliphatic carbocycles. The molecule has 0 aliphatic rings. The van der Waals surface area contributed by atoms with Crippen LogP contribution in [0.15, 0.2) is 60.7 Å². The number of hydrogen-bond acceptors (Lipinski definition) is 2. The van der Waals surface area contributed by atoms with E-state index in [4.69, 9.17) is 4.43 Å². The molecule has 4 heteroatoms. The summed E-state index contributed by atoms with van der Waals surface area (Å²) in [6, 6.07) is 20.8. The first kappa shape index (κ1) is 20.2. The molecule has 0 amide bonds. The molecule has 132 valence electrons. The lowest BCUT2D eigenvalue weighted by Gasteiger charge is -2.44. The number of rotatable bonds is 5. The molecule has 2 aromatic carbocycles. The summed E-state index contributed by atoms with van der Waals surface area (Å²) in [5.74, 6) is 2.84. The van der Waals surface area contributed by atoms with Crippen molar-refractivity contribution < 1.29 is 9.53 Å². The second kappa shape index (κ2) is 8.04. The van der Waals surface area contributed by atoms with E-state index in [2.05, 4.69) is 79.1 Å². The van der Waals surface area contributed by atoms with E-state index in [1.54, 1.807) is 6.92 Å². The minimum Gasteiger partial charge on any atom is -0.403 e. The molecular formula is C21H25IO2Si. The van der Waals surface area contributed by atoms with Crippen LogP contribution in [0.25, 0.3) is 0 Å². The Balaban J connectivity index is 2.62. The molecule has 0 saturated heterocycles. The van der Waals surface area contributed by atoms with Crippen LogP contribution in [0.5, 0.6) is 0 Å². The first-order valence-corrected chi connectivity index (χ1v) is 11.3. The minimum atomic E-state index is -2.62. The van der Waals surface area contributed by atoms with Crippen molar-refractivity contribution >= 4 is 41.3 Å². The third-order valence-corrected chi connectivity index (χ3v) is 9.56. The van der Waals surface area contributed by atoms with E-state index in [9.17, 15) is 5.11 Å². The zero-order valence-corrected chi connectivity index (χ0v) is 18.4. The van der Waals surface area contributed by atoms with Crippen LogP contribution in [0.2, 0.25) is 5.04 Å². The van der Waals surface area contributed by atoms with E-state index in [0.29, 0.717) is 0 Å². The molecule has 2 nitrogen and oxygen atoms in total. The summed E-state index contributed by atoms with van der Waals surface area (Å²) in [6.07, 6.45) is 0. The van der Waals surface area contributed by atoms with E-state index in [0.717, 1.165) is 0 Å². The average Bonchev–Trinajstić information content (AvgIpc) is 2.56. The second-order valence-electron chi connectivity index (χ2n) is 7.45. The van der Waals surface area contributed by atoms with Gasteiger partial charge in [-0.15, -0.1) is 0 Å². The SMILES string of the molecule is CC(O)(C#CI)CO[Si](c1ccccc1)(c1ccccc1)C(C)(C)C. The Hall–Kier alpha value is -1.13. The third-order valence-electron chi connectivity index (χ3n) is 4.30. The molecule has 25 heavy (non-hydrogen) atoms. The molecule has 1 unspecified atom stereocenters. The van der Waals surface area contributed by atoms with Crippen LogP contribution in [-0.2, 0) is 4.43 Å². The van der Waals surface area contributed by atoms with E-state index >= 15 is 0 Å². The monoisotopic (exact) mass is 464 g/mol. The lowest BCUT2D eigenvalue weighted by molar-refractivity contribution is 0.0587. The lowest BCUT2D eigenvalue weighted by atomic mass is 10.1. The van der Waals surface area contributed by atoms with Gasteiger partial charge >= 0.3 is 0 Å². The van der Waals surface area contributed by atoms with Gasteiger partial charge in [0.2, 0.25) is 0 Å². The fourth-order valence-corrected chi connectivity index (χ4v) is 8.38. The summed E-state index contributed by atoms with van der Waals surface area (Å²) < 4.78 is 9.43. The van der Waals surface area contributed by atoms with Crippen molar-refractivity contribution in [3.05, 3.63) is 60.7 Å². The van der Waals surface area contributed by atoms with Crippen molar-refractivity contribution in [2.45, 2.75) is 38.3 Å². The third kappa shape index (κ3) is 4.53. The molecule has 0 radical (unpaired) electrons. The Morgan fingerprint density at radius 2 is 1.36 bits per heavy atom. The second-order valence-corrected chi connectivity index (χ2v) is 12.3. The van der Waals surface area contributed by atoms with Crippen molar-refractivity contribution in [2.75, 3.05) is 6.61 Å². The predicted molar refractivity (Wildman–Crippen MR) is 116 cm³/mol. The molecule has 0 saturated carbocycles. The summed E-state index contributed by atoms with van der Waals surface area (Å²) >= 11 is 1.95. The van der Waals surface area contributed by atoms with Crippen LogP contribution in [0.1, 0.15) is 27.7 Å². The minimum absolute atomic E-state index is 0.108. The Labute approximate surface area is 165 Å². The number of hydrogen-bond donors (Lipinski definition) is 1. The topological polar surface area (TPSA) is 29.5 Å². The quantitative estimate of drug-likeness (QED) is 0.416. The summed E-state index contributed by atoms with van der Waals surface area (Å²) in [4.78, 5) is 0. The van der Waals surface area contributed by atoms with Gasteiger partial charge in [-0.2, -0.15) is 0 Å². The Kier molecular flexibility index (Phi) is 6.49. The van der Waals surface area contributed by atoms with E-state index in [-0.39, 0.29) is 11.6 Å². The molecule has 0 aliphatic heterocycles. The van der Waals surface area contributed by atoms with Crippen molar-refractivity contribution in [3.8, 4) is 9.85 Å². The predicted octanol–water partition coefficient (Wildman–Crippen LogP) is 3.71. The molecule has 2 aromatic rings. The van der Waals surface area contributed by atoms with Gasteiger partial charge in [0, 0.05) is 22.6 Å². The van der Waals surface area contributed by atoms with E-state index in [1.807, 2.05) is 34.7 Å². The zero-order valence-electron chi connectivity index (χ0n) is 15.2. The molecular weight excluding hydrogens is 439 g/mol. The standard InChI is InChI=1S/C21H25IO2Si/c1-20(2,3)25(18-11-7-5-8-12-18,19-13-9-6-10-14-19)24-17-21(4,23)15-16-22/h5-14,23H,17H2,1-4H3. The van der Waals surface area contributed by atoms with Gasteiger partial charge < -0.3 is 9.53 Å². The molecule has 0 fully saturated rings. The zero-order chi connectivity index (χ0) is 18.6. The Bertz CT molecular complexity index is 701. The van der Waals surface area contributed by atoms with Gasteiger partial charge in [-0.25, -0.2) is 0 Å². The first-order chi connectivity index (χ1) is 11.7. The largest absolute Gasteiger partial charge is 0.403 e. The molecule has 0 aromatic heterocycles. The van der Waals surface area contributed by atoms with Crippen molar-refractivity contribution in [1.29, 1.82) is 0 Å². The van der Waals surface area contributed by atoms with Crippen molar-refractivity contribution in [1.82, 2.24) is 0 Å². The lowest BCUT2D eigenvalue weighted by Crippen LogP contribution is -2.67. The van der Waals surface area contributed by atoms with Crippen LogP contribution in [-0.4, -0.2) is 25.6 Å². The highest BCUT2D eigenvalue weighted by atomic mass is 127. The van der Waals surface area contributed by atoms with Gasteiger partial charge in [-0.1, -0.05) is 87.4 Å². The Morgan fingerprint density at radius 3 is 1.72 bits per heavy atom. The smallest absolute Gasteiger partial charge is 0.261 e. The maximum atomic E-state index is 10.6. The maximum Gasteiger partial charge on any atom is 0.261 e. The fourth-order valence-electron chi connectivity index (χ4n) is 3.15. The summed E-state index contributed by atoms with van der Waals surface area (Å²) in [6.45, 7) is 8.54.